The molecule has 4 nitrogen and oxygen atoms in total. The average Bonchev–Trinajstić information content (AvgIpc) is 2.61. The molecular weight excluding hydrogens is 308 g/mol. The third kappa shape index (κ3) is 4.53. The number of fused-ring (bicyclic) bond motifs is 1. The highest BCUT2D eigenvalue weighted by Crippen LogP contribution is 2.18. The molecule has 1 atom stereocenters. The summed E-state index contributed by atoms with van der Waals surface area (Å²) in [6.07, 6.45) is 6.01. The second kappa shape index (κ2) is 8.06. The molecule has 1 unspecified atom stereocenters. The Morgan fingerprint density at radius 1 is 1.04 bits per heavy atom. The smallest absolute Gasteiger partial charge is 0.133 e. The normalized spacial score (nSPS) is 12.3. The van der Waals surface area contributed by atoms with Crippen LogP contribution in [0.1, 0.15) is 43.8 Å². The van der Waals surface area contributed by atoms with Crippen LogP contribution in [0.15, 0.2) is 42.6 Å². The summed E-state index contributed by atoms with van der Waals surface area (Å²) < 4.78 is 0. The number of nitrogens with one attached hydrogen (secondary N) is 1. The molecule has 2 heterocycles. The third-order valence-corrected chi connectivity index (χ3v) is 4.40. The standard InChI is InChI=1S/C21H26N4/c1-4-7-15(2)23-21-18(14-22-16(3)24-21)11-13-19-12-10-17-8-5-6-9-20(17)25-19/h5-6,8-10,12,14-15H,4,7,11,13H2,1-3H3,(H,22,23,24). The maximum absolute atomic E-state index is 4.77. The first-order valence-corrected chi connectivity index (χ1v) is 9.09. The molecule has 3 rings (SSSR count). The third-order valence-electron chi connectivity index (χ3n) is 4.40. The lowest BCUT2D eigenvalue weighted by Gasteiger charge is -2.16. The van der Waals surface area contributed by atoms with Crippen LogP contribution in [0.3, 0.4) is 0 Å². The van der Waals surface area contributed by atoms with E-state index < -0.39 is 0 Å². The highest BCUT2D eigenvalue weighted by molar-refractivity contribution is 5.78. The van der Waals surface area contributed by atoms with Crippen molar-refractivity contribution < 1.29 is 0 Å². The summed E-state index contributed by atoms with van der Waals surface area (Å²) >= 11 is 0. The molecule has 1 N–H and O–H groups in total. The number of nitrogens with zero attached hydrogens (tertiary/aromatic N) is 3. The van der Waals surface area contributed by atoms with Gasteiger partial charge in [-0.2, -0.15) is 0 Å². The van der Waals surface area contributed by atoms with E-state index in [0.29, 0.717) is 6.04 Å². The van der Waals surface area contributed by atoms with E-state index in [0.717, 1.165) is 54.1 Å². The first-order chi connectivity index (χ1) is 12.2. The quantitative estimate of drug-likeness (QED) is 0.679. The molecule has 0 spiro atoms. The van der Waals surface area contributed by atoms with Gasteiger partial charge in [0.1, 0.15) is 11.6 Å². The van der Waals surface area contributed by atoms with Gasteiger partial charge in [0.05, 0.1) is 5.52 Å². The lowest BCUT2D eigenvalue weighted by molar-refractivity contribution is 0.684. The van der Waals surface area contributed by atoms with E-state index in [1.165, 1.54) is 5.39 Å². The molecule has 0 aliphatic heterocycles. The fraction of sp³-hybridized carbons (Fsp3) is 0.381. The van der Waals surface area contributed by atoms with Crippen molar-refractivity contribution in [3.05, 3.63) is 59.7 Å². The van der Waals surface area contributed by atoms with Gasteiger partial charge in [0.25, 0.3) is 0 Å². The highest BCUT2D eigenvalue weighted by Gasteiger charge is 2.10. The molecule has 0 saturated heterocycles. The zero-order valence-electron chi connectivity index (χ0n) is 15.3. The van der Waals surface area contributed by atoms with Crippen LogP contribution >= 0.6 is 0 Å². The number of anilines is 1. The summed E-state index contributed by atoms with van der Waals surface area (Å²) in [5.41, 5.74) is 3.31. The van der Waals surface area contributed by atoms with Crippen LogP contribution in [0.2, 0.25) is 0 Å². The number of rotatable bonds is 7. The second-order valence-electron chi connectivity index (χ2n) is 6.62. The minimum Gasteiger partial charge on any atom is -0.367 e. The van der Waals surface area contributed by atoms with Gasteiger partial charge >= 0.3 is 0 Å². The van der Waals surface area contributed by atoms with Crippen LogP contribution in [0, 0.1) is 6.92 Å². The zero-order valence-corrected chi connectivity index (χ0v) is 15.3. The van der Waals surface area contributed by atoms with E-state index in [4.69, 9.17) is 4.98 Å². The number of benzene rings is 1. The Balaban J connectivity index is 1.75. The predicted molar refractivity (Wildman–Crippen MR) is 104 cm³/mol. The number of pyridine rings is 1. The van der Waals surface area contributed by atoms with Crippen LogP contribution in [-0.4, -0.2) is 21.0 Å². The van der Waals surface area contributed by atoms with Crippen molar-refractivity contribution in [2.45, 2.75) is 52.5 Å². The summed E-state index contributed by atoms with van der Waals surface area (Å²) in [6, 6.07) is 12.9. The predicted octanol–water partition coefficient (Wildman–Crippen LogP) is 4.72. The second-order valence-corrected chi connectivity index (χ2v) is 6.62. The van der Waals surface area contributed by atoms with E-state index in [2.05, 4.69) is 53.4 Å². The van der Waals surface area contributed by atoms with Crippen LogP contribution in [0.25, 0.3) is 10.9 Å². The van der Waals surface area contributed by atoms with Crippen molar-refractivity contribution in [2.75, 3.05) is 5.32 Å². The van der Waals surface area contributed by atoms with E-state index in [1.54, 1.807) is 0 Å². The molecule has 1 aromatic carbocycles. The molecule has 130 valence electrons. The number of aryl methyl sites for hydroxylation is 3. The lowest BCUT2D eigenvalue weighted by Crippen LogP contribution is -2.18. The molecule has 0 aliphatic rings. The lowest BCUT2D eigenvalue weighted by atomic mass is 10.1. The van der Waals surface area contributed by atoms with Gasteiger partial charge in [0.15, 0.2) is 0 Å². The van der Waals surface area contributed by atoms with Gasteiger partial charge < -0.3 is 5.32 Å². The van der Waals surface area contributed by atoms with E-state index in [1.807, 2.05) is 25.3 Å². The van der Waals surface area contributed by atoms with Crippen LogP contribution in [0.4, 0.5) is 5.82 Å². The Morgan fingerprint density at radius 3 is 2.72 bits per heavy atom. The van der Waals surface area contributed by atoms with Crippen LogP contribution < -0.4 is 5.32 Å². The van der Waals surface area contributed by atoms with Gasteiger partial charge in [0, 0.05) is 28.9 Å². The summed E-state index contributed by atoms with van der Waals surface area (Å²) in [5, 5.41) is 4.73. The molecule has 25 heavy (non-hydrogen) atoms. The van der Waals surface area contributed by atoms with Gasteiger partial charge in [-0.25, -0.2) is 9.97 Å². The Hall–Kier alpha value is -2.49. The molecule has 0 fully saturated rings. The van der Waals surface area contributed by atoms with E-state index in [-0.39, 0.29) is 0 Å². The topological polar surface area (TPSA) is 50.7 Å². The molecule has 3 aromatic rings. The summed E-state index contributed by atoms with van der Waals surface area (Å²) in [6.45, 7) is 6.34. The van der Waals surface area contributed by atoms with Crippen molar-refractivity contribution >= 4 is 16.7 Å². The first kappa shape index (κ1) is 17.3. The zero-order chi connectivity index (χ0) is 17.6. The Labute approximate surface area is 149 Å². The van der Waals surface area contributed by atoms with Gasteiger partial charge in [-0.1, -0.05) is 37.6 Å². The maximum atomic E-state index is 4.77. The summed E-state index contributed by atoms with van der Waals surface area (Å²) in [5.74, 6) is 1.77. The molecule has 0 aliphatic carbocycles. The van der Waals surface area contributed by atoms with Crippen molar-refractivity contribution in [1.29, 1.82) is 0 Å². The first-order valence-electron chi connectivity index (χ1n) is 9.09. The molecule has 0 radical (unpaired) electrons. The summed E-state index contributed by atoms with van der Waals surface area (Å²) in [7, 11) is 0. The van der Waals surface area contributed by atoms with Crippen LogP contribution in [0.5, 0.6) is 0 Å². The fourth-order valence-electron chi connectivity index (χ4n) is 3.05. The Bertz CT molecular complexity index is 844. The van der Waals surface area contributed by atoms with E-state index in [9.17, 15) is 0 Å². The Morgan fingerprint density at radius 2 is 1.88 bits per heavy atom. The molecular formula is C21H26N4. The Kier molecular flexibility index (Phi) is 5.59. The molecule has 4 heteroatoms. The highest BCUT2D eigenvalue weighted by atomic mass is 15.0. The minimum absolute atomic E-state index is 0.414. The van der Waals surface area contributed by atoms with Gasteiger partial charge in [-0.3, -0.25) is 4.98 Å². The molecule has 0 saturated carbocycles. The largest absolute Gasteiger partial charge is 0.367 e. The van der Waals surface area contributed by atoms with Crippen molar-refractivity contribution in [2.24, 2.45) is 0 Å². The molecule has 0 bridgehead atoms. The van der Waals surface area contributed by atoms with Crippen molar-refractivity contribution in [3.8, 4) is 0 Å². The van der Waals surface area contributed by atoms with Gasteiger partial charge in [0.2, 0.25) is 0 Å². The average molecular weight is 334 g/mol. The number of aromatic nitrogens is 3. The van der Waals surface area contributed by atoms with Gasteiger partial charge in [-0.15, -0.1) is 0 Å². The fourth-order valence-corrected chi connectivity index (χ4v) is 3.05. The van der Waals surface area contributed by atoms with E-state index >= 15 is 0 Å². The number of hydrogen-bond acceptors (Lipinski definition) is 4. The van der Waals surface area contributed by atoms with Crippen molar-refractivity contribution in [1.82, 2.24) is 15.0 Å². The maximum Gasteiger partial charge on any atom is 0.133 e. The van der Waals surface area contributed by atoms with Crippen LogP contribution in [-0.2, 0) is 12.8 Å². The molecule has 0 amide bonds. The summed E-state index contributed by atoms with van der Waals surface area (Å²) in [4.78, 5) is 13.8. The molecule has 2 aromatic heterocycles. The SMILES string of the molecule is CCCC(C)Nc1nc(C)ncc1CCc1ccc2ccccc2n1. The monoisotopic (exact) mass is 334 g/mol. The van der Waals surface area contributed by atoms with Crippen molar-refractivity contribution in [3.63, 3.8) is 0 Å². The minimum atomic E-state index is 0.414. The number of hydrogen-bond donors (Lipinski definition) is 1. The number of para-hydroxylation sites is 1. The van der Waals surface area contributed by atoms with Gasteiger partial charge in [-0.05, 0) is 45.2 Å².